The van der Waals surface area contributed by atoms with Crippen LogP contribution in [0.2, 0.25) is 0 Å². The number of hydrogen-bond acceptors (Lipinski definition) is 5. The van der Waals surface area contributed by atoms with Crippen molar-refractivity contribution in [2.24, 2.45) is 11.8 Å². The molecule has 3 N–H and O–H groups in total. The number of nitrogens with one attached hydrogen (secondary N) is 2. The molecule has 0 fully saturated rings. The average molecular weight is 332 g/mol. The molecule has 1 unspecified atom stereocenters. The second kappa shape index (κ2) is 7.41. The monoisotopic (exact) mass is 332 g/mol. The molecule has 8 nitrogen and oxygen atoms in total. The summed E-state index contributed by atoms with van der Waals surface area (Å²) in [5.41, 5.74) is 0. The van der Waals surface area contributed by atoms with Crippen LogP contribution in [0.4, 0.5) is 0 Å². The average Bonchev–Trinajstić information content (AvgIpc) is 2.93. The van der Waals surface area contributed by atoms with Gasteiger partial charge in [0, 0.05) is 6.54 Å². The summed E-state index contributed by atoms with van der Waals surface area (Å²) in [6.45, 7) is 3.72. The van der Waals surface area contributed by atoms with Gasteiger partial charge < -0.3 is 14.8 Å². The zero-order valence-electron chi connectivity index (χ0n) is 12.6. The van der Waals surface area contributed by atoms with E-state index in [1.54, 1.807) is 0 Å². The number of carbonyl (C=O) groups is 2. The predicted molar refractivity (Wildman–Crippen MR) is 77.9 cm³/mol. The molecule has 1 heterocycles. The van der Waals surface area contributed by atoms with Crippen molar-refractivity contribution in [3.05, 3.63) is 17.9 Å². The lowest BCUT2D eigenvalue weighted by molar-refractivity contribution is -0.142. The summed E-state index contributed by atoms with van der Waals surface area (Å²) >= 11 is 0. The van der Waals surface area contributed by atoms with Crippen molar-refractivity contribution in [3.63, 3.8) is 0 Å². The van der Waals surface area contributed by atoms with Gasteiger partial charge in [0.15, 0.2) is 5.76 Å². The van der Waals surface area contributed by atoms with E-state index in [0.29, 0.717) is 6.42 Å². The molecule has 1 rings (SSSR count). The third kappa shape index (κ3) is 4.85. The molecular weight excluding hydrogens is 312 g/mol. The summed E-state index contributed by atoms with van der Waals surface area (Å²) in [6.07, 6.45) is 0.424. The fourth-order valence-corrected chi connectivity index (χ4v) is 2.48. The topological polar surface area (TPSA) is 126 Å². The van der Waals surface area contributed by atoms with Gasteiger partial charge in [-0.15, -0.1) is 0 Å². The molecule has 0 radical (unpaired) electrons. The van der Waals surface area contributed by atoms with E-state index >= 15 is 0 Å². The fraction of sp³-hybridized carbons (Fsp3) is 0.538. The van der Waals surface area contributed by atoms with E-state index < -0.39 is 27.8 Å². The number of carboxylic acids is 1. The van der Waals surface area contributed by atoms with Crippen molar-refractivity contribution >= 4 is 21.9 Å². The molecule has 124 valence electrons. The van der Waals surface area contributed by atoms with Crippen molar-refractivity contribution in [1.82, 2.24) is 10.0 Å². The van der Waals surface area contributed by atoms with Crippen LogP contribution in [0.3, 0.4) is 0 Å². The van der Waals surface area contributed by atoms with E-state index in [2.05, 4.69) is 10.0 Å². The lowest BCUT2D eigenvalue weighted by atomic mass is 9.97. The Morgan fingerprint density at radius 2 is 1.95 bits per heavy atom. The van der Waals surface area contributed by atoms with Gasteiger partial charge >= 0.3 is 5.97 Å². The van der Waals surface area contributed by atoms with Gasteiger partial charge in [-0.2, -0.15) is 0 Å². The molecule has 1 aromatic rings. The van der Waals surface area contributed by atoms with Gasteiger partial charge in [0.1, 0.15) is 0 Å². The highest BCUT2D eigenvalue weighted by atomic mass is 32.2. The smallest absolute Gasteiger partial charge is 0.308 e. The Balaban J connectivity index is 2.71. The Labute approximate surface area is 128 Å². The summed E-state index contributed by atoms with van der Waals surface area (Å²) < 4.78 is 30.0. The first kappa shape index (κ1) is 18.2. The fourth-order valence-electron chi connectivity index (χ4n) is 1.83. The van der Waals surface area contributed by atoms with Gasteiger partial charge in [-0.3, -0.25) is 9.59 Å². The van der Waals surface area contributed by atoms with Crippen molar-refractivity contribution in [1.29, 1.82) is 0 Å². The predicted octanol–water partition coefficient (Wildman–Crippen LogP) is 0.664. The van der Waals surface area contributed by atoms with Crippen LogP contribution in [-0.2, 0) is 14.8 Å². The van der Waals surface area contributed by atoms with E-state index in [1.165, 1.54) is 13.1 Å². The van der Waals surface area contributed by atoms with Crippen LogP contribution in [0.15, 0.2) is 21.6 Å². The molecule has 0 aliphatic rings. The molecule has 1 amide bonds. The molecule has 1 aromatic heterocycles. The minimum atomic E-state index is -3.76. The number of sulfonamides is 1. The van der Waals surface area contributed by atoms with Crippen LogP contribution in [0.1, 0.15) is 30.8 Å². The van der Waals surface area contributed by atoms with Crippen LogP contribution >= 0.6 is 0 Å². The third-order valence-electron chi connectivity index (χ3n) is 2.95. The van der Waals surface area contributed by atoms with E-state index in [0.717, 1.165) is 6.07 Å². The number of furan rings is 1. The highest BCUT2D eigenvalue weighted by Gasteiger charge is 2.22. The molecule has 0 aliphatic carbocycles. The van der Waals surface area contributed by atoms with Gasteiger partial charge in [0.05, 0.1) is 5.92 Å². The van der Waals surface area contributed by atoms with Crippen LogP contribution in [0, 0.1) is 11.8 Å². The zero-order valence-corrected chi connectivity index (χ0v) is 13.4. The van der Waals surface area contributed by atoms with Crippen LogP contribution < -0.4 is 10.0 Å². The molecule has 0 saturated heterocycles. The summed E-state index contributed by atoms with van der Waals surface area (Å²) in [6, 6.07) is 2.38. The molecule has 1 atom stereocenters. The Hall–Kier alpha value is -1.87. The highest BCUT2D eigenvalue weighted by molar-refractivity contribution is 7.89. The van der Waals surface area contributed by atoms with Gasteiger partial charge in [0.25, 0.3) is 15.9 Å². The van der Waals surface area contributed by atoms with Crippen molar-refractivity contribution in [2.45, 2.75) is 25.4 Å². The second-order valence-corrected chi connectivity index (χ2v) is 7.02. The minimum Gasteiger partial charge on any atom is -0.481 e. The molecule has 0 aromatic carbocycles. The maximum atomic E-state index is 11.9. The number of rotatable bonds is 8. The first-order valence-corrected chi connectivity index (χ1v) is 8.20. The highest BCUT2D eigenvalue weighted by Crippen LogP contribution is 2.14. The maximum Gasteiger partial charge on any atom is 0.308 e. The number of amides is 1. The van der Waals surface area contributed by atoms with Crippen molar-refractivity contribution < 1.29 is 27.5 Å². The zero-order chi connectivity index (χ0) is 16.9. The summed E-state index contributed by atoms with van der Waals surface area (Å²) in [4.78, 5) is 23.0. The van der Waals surface area contributed by atoms with Crippen molar-refractivity contribution in [2.75, 3.05) is 13.6 Å². The Morgan fingerprint density at radius 1 is 1.32 bits per heavy atom. The molecule has 9 heteroatoms. The Morgan fingerprint density at radius 3 is 2.45 bits per heavy atom. The lowest BCUT2D eigenvalue weighted by Gasteiger charge is -2.14. The summed E-state index contributed by atoms with van der Waals surface area (Å²) in [5.74, 6) is -2.38. The third-order valence-corrected chi connectivity index (χ3v) is 4.24. The van der Waals surface area contributed by atoms with Crippen LogP contribution in [0.25, 0.3) is 0 Å². The van der Waals surface area contributed by atoms with E-state index in [-0.39, 0.29) is 23.3 Å². The number of hydrogen-bond donors (Lipinski definition) is 3. The van der Waals surface area contributed by atoms with Gasteiger partial charge in [-0.25, -0.2) is 13.1 Å². The molecule has 0 bridgehead atoms. The molecule has 22 heavy (non-hydrogen) atoms. The van der Waals surface area contributed by atoms with Crippen LogP contribution in [-0.4, -0.2) is 39.0 Å². The molecular formula is C13H20N2O6S. The van der Waals surface area contributed by atoms with Gasteiger partial charge in [-0.1, -0.05) is 13.8 Å². The normalized spacial score (nSPS) is 13.1. The van der Waals surface area contributed by atoms with E-state index in [9.17, 15) is 18.0 Å². The summed E-state index contributed by atoms with van der Waals surface area (Å²) in [7, 11) is -2.54. The SMILES string of the molecule is CNS(=O)(=O)c1ccc(C(=O)NCC(CC(C)C)C(=O)O)o1. The first-order valence-electron chi connectivity index (χ1n) is 6.71. The Bertz CT molecular complexity index is 635. The minimum absolute atomic E-state index is 0.0544. The molecule has 0 spiro atoms. The first-order chi connectivity index (χ1) is 10.2. The van der Waals surface area contributed by atoms with Crippen LogP contribution in [0.5, 0.6) is 0 Å². The van der Waals surface area contributed by atoms with Crippen molar-refractivity contribution in [3.8, 4) is 0 Å². The lowest BCUT2D eigenvalue weighted by Crippen LogP contribution is -2.33. The van der Waals surface area contributed by atoms with E-state index in [4.69, 9.17) is 9.52 Å². The number of carbonyl (C=O) groups excluding carboxylic acids is 1. The molecule has 0 aliphatic heterocycles. The maximum absolute atomic E-state index is 11.9. The number of carboxylic acid groups (broad SMARTS) is 1. The van der Waals surface area contributed by atoms with Gasteiger partial charge in [-0.05, 0) is 31.5 Å². The largest absolute Gasteiger partial charge is 0.481 e. The number of aliphatic carboxylic acids is 1. The second-order valence-electron chi connectivity index (χ2n) is 5.20. The summed E-state index contributed by atoms with van der Waals surface area (Å²) in [5, 5.41) is 11.1. The Kier molecular flexibility index (Phi) is 6.12. The quantitative estimate of drug-likeness (QED) is 0.642. The standard InChI is InChI=1S/C13H20N2O6S/c1-8(2)6-9(13(17)18)7-15-12(16)10-4-5-11(21-10)22(19,20)14-3/h4-5,8-9,14H,6-7H2,1-3H3,(H,15,16)(H,17,18). The van der Waals surface area contributed by atoms with Gasteiger partial charge in [0.2, 0.25) is 5.09 Å². The molecule has 0 saturated carbocycles. The van der Waals surface area contributed by atoms with E-state index in [1.807, 2.05) is 13.8 Å².